The van der Waals surface area contributed by atoms with E-state index < -0.39 is 17.4 Å². The van der Waals surface area contributed by atoms with E-state index >= 15 is 0 Å². The van der Waals surface area contributed by atoms with Crippen LogP contribution in [0.1, 0.15) is 145 Å². The molecule has 1 N–H and O–H groups in total. The summed E-state index contributed by atoms with van der Waals surface area (Å²) in [7, 11) is 1.66. The van der Waals surface area contributed by atoms with Crippen molar-refractivity contribution >= 4 is 23.8 Å². The third-order valence-electron chi connectivity index (χ3n) is 17.8. The zero-order valence-electron chi connectivity index (χ0n) is 35.9. The lowest BCUT2D eigenvalue weighted by atomic mass is 9.32. The molecule has 6 rings (SSSR count). The maximum absolute atomic E-state index is 14.3. The van der Waals surface area contributed by atoms with E-state index in [1.165, 1.54) is 18.4 Å². The number of hydrogen-bond acceptors (Lipinski definition) is 6. The van der Waals surface area contributed by atoms with Crippen molar-refractivity contribution in [3.05, 3.63) is 12.2 Å². The number of carbonyl (C=O) groups is 4. The summed E-state index contributed by atoms with van der Waals surface area (Å²) in [6.07, 6.45) is 12.5. The molecule has 0 aromatic carbocycles. The molecule has 0 spiro atoms. The van der Waals surface area contributed by atoms with E-state index in [1.54, 1.807) is 21.0 Å². The fraction of sp³-hybridized carbons (Fsp3) is 0.870. The number of hydrogen-bond donors (Lipinski definition) is 1. The Morgan fingerprint density at radius 3 is 2.07 bits per heavy atom. The monoisotopic (exact) mass is 767 g/mol. The standard InChI is InChI=1S/C46H74N2O7/c1-30(2)31-15-20-46(28-37(50)48-25-23-47(24-26-48)36(49)12-11-27-54-10)22-21-44(8)32(39(31)46)13-14-34-43(7)18-17-35(55-38(51)29-41(3,4)40(52)53)42(5,6)33(43)16-19-45(34,44)9/h31-35,39H,1,11-29H2,2-10H3,(H,52,53)/t31-,32+,33-,34+,35-,39+,43-,44+,45+,46+/m0/s1. The predicted molar refractivity (Wildman–Crippen MR) is 214 cm³/mol. The maximum atomic E-state index is 14.3. The molecule has 9 heteroatoms. The van der Waals surface area contributed by atoms with Gasteiger partial charge in [-0.25, -0.2) is 0 Å². The minimum absolute atomic E-state index is 0.00140. The van der Waals surface area contributed by atoms with Gasteiger partial charge in [0, 0.05) is 58.2 Å². The molecule has 6 fully saturated rings. The topological polar surface area (TPSA) is 113 Å². The van der Waals surface area contributed by atoms with Crippen LogP contribution in [0.3, 0.4) is 0 Å². The molecule has 0 radical (unpaired) electrons. The molecule has 10 atom stereocenters. The van der Waals surface area contributed by atoms with Gasteiger partial charge in [0.2, 0.25) is 11.8 Å². The minimum atomic E-state index is -1.15. The summed E-state index contributed by atoms with van der Waals surface area (Å²) >= 11 is 0. The third-order valence-corrected chi connectivity index (χ3v) is 17.8. The summed E-state index contributed by atoms with van der Waals surface area (Å²) in [6.45, 7) is 25.5. The summed E-state index contributed by atoms with van der Waals surface area (Å²) in [5.41, 5.74) is 0.362. The van der Waals surface area contributed by atoms with Crippen LogP contribution in [0.15, 0.2) is 12.2 Å². The van der Waals surface area contributed by atoms with E-state index in [1.807, 2.05) is 4.90 Å². The normalized spacial score (nSPS) is 39.6. The highest BCUT2D eigenvalue weighted by molar-refractivity contribution is 5.81. The Balaban J connectivity index is 1.18. The number of fused-ring (bicyclic) bond motifs is 7. The van der Waals surface area contributed by atoms with Crippen LogP contribution in [0.2, 0.25) is 0 Å². The van der Waals surface area contributed by atoms with Crippen LogP contribution in [0.4, 0.5) is 0 Å². The number of nitrogens with zero attached hydrogens (tertiary/aromatic N) is 2. The van der Waals surface area contributed by atoms with Gasteiger partial charge in [0.05, 0.1) is 11.8 Å². The largest absolute Gasteiger partial charge is 0.481 e. The van der Waals surface area contributed by atoms with Gasteiger partial charge in [-0.15, -0.1) is 0 Å². The van der Waals surface area contributed by atoms with Crippen molar-refractivity contribution in [1.82, 2.24) is 9.80 Å². The Labute approximate surface area is 332 Å². The molecular weight excluding hydrogens is 693 g/mol. The highest BCUT2D eigenvalue weighted by Gasteiger charge is 2.71. The molecule has 9 nitrogen and oxygen atoms in total. The molecule has 1 heterocycles. The first kappa shape index (κ1) is 42.2. The van der Waals surface area contributed by atoms with E-state index in [2.05, 4.69) is 53.0 Å². The van der Waals surface area contributed by atoms with Crippen LogP contribution in [-0.4, -0.2) is 84.7 Å². The molecule has 5 saturated carbocycles. The number of carboxylic acid groups (broad SMARTS) is 1. The summed E-state index contributed by atoms with van der Waals surface area (Å²) < 4.78 is 11.3. The molecule has 0 aromatic rings. The molecule has 1 aliphatic heterocycles. The zero-order valence-corrected chi connectivity index (χ0v) is 35.9. The summed E-state index contributed by atoms with van der Waals surface area (Å²) in [5.74, 6) is 1.49. The number of ether oxygens (including phenoxy) is 2. The first-order valence-electron chi connectivity index (χ1n) is 21.8. The number of rotatable bonds is 11. The Kier molecular flexibility index (Phi) is 11.6. The number of allylic oxidation sites excluding steroid dienone is 1. The number of methoxy groups -OCH3 is 1. The van der Waals surface area contributed by atoms with E-state index in [0.717, 1.165) is 57.8 Å². The number of piperazine rings is 1. The predicted octanol–water partition coefficient (Wildman–Crippen LogP) is 8.54. The second-order valence-electron chi connectivity index (χ2n) is 21.3. The first-order valence-corrected chi connectivity index (χ1v) is 21.8. The van der Waals surface area contributed by atoms with Gasteiger partial charge in [0.15, 0.2) is 0 Å². The molecule has 6 aliphatic rings. The highest BCUT2D eigenvalue weighted by atomic mass is 16.5. The average Bonchev–Trinajstić information content (AvgIpc) is 3.49. The molecule has 0 aromatic heterocycles. The van der Waals surface area contributed by atoms with E-state index in [9.17, 15) is 24.3 Å². The number of carboxylic acids is 1. The van der Waals surface area contributed by atoms with Gasteiger partial charge in [-0.1, -0.05) is 46.8 Å². The molecule has 1 saturated heterocycles. The van der Waals surface area contributed by atoms with Crippen LogP contribution < -0.4 is 0 Å². The minimum Gasteiger partial charge on any atom is -0.481 e. The van der Waals surface area contributed by atoms with Crippen molar-refractivity contribution in [2.75, 3.05) is 39.9 Å². The van der Waals surface area contributed by atoms with Crippen molar-refractivity contribution in [1.29, 1.82) is 0 Å². The molecule has 0 unspecified atom stereocenters. The lowest BCUT2D eigenvalue weighted by Crippen LogP contribution is -2.67. The molecule has 2 amide bonds. The van der Waals surface area contributed by atoms with Crippen molar-refractivity contribution in [3.63, 3.8) is 0 Å². The van der Waals surface area contributed by atoms with Gasteiger partial charge >= 0.3 is 11.9 Å². The number of amides is 2. The van der Waals surface area contributed by atoms with Crippen LogP contribution in [0.25, 0.3) is 0 Å². The Morgan fingerprint density at radius 2 is 1.45 bits per heavy atom. The van der Waals surface area contributed by atoms with Gasteiger partial charge in [-0.3, -0.25) is 19.2 Å². The second-order valence-corrected chi connectivity index (χ2v) is 21.3. The summed E-state index contributed by atoms with van der Waals surface area (Å²) in [5, 5.41) is 9.63. The molecule has 55 heavy (non-hydrogen) atoms. The second kappa shape index (κ2) is 15.1. The van der Waals surface area contributed by atoms with Crippen molar-refractivity contribution in [3.8, 4) is 0 Å². The number of carbonyl (C=O) groups excluding carboxylic acids is 3. The molecule has 0 bridgehead atoms. The molecular formula is C46H74N2O7. The Morgan fingerprint density at radius 1 is 0.800 bits per heavy atom. The number of aliphatic carboxylic acids is 1. The number of esters is 1. The summed E-state index contributed by atoms with van der Waals surface area (Å²) in [4.78, 5) is 55.9. The average molecular weight is 767 g/mol. The van der Waals surface area contributed by atoms with Crippen LogP contribution in [-0.2, 0) is 28.7 Å². The lowest BCUT2D eigenvalue weighted by Gasteiger charge is -2.73. The summed E-state index contributed by atoms with van der Waals surface area (Å²) in [6, 6.07) is 0. The van der Waals surface area contributed by atoms with E-state index in [-0.39, 0.29) is 51.4 Å². The highest BCUT2D eigenvalue weighted by Crippen LogP contribution is 2.78. The van der Waals surface area contributed by atoms with Crippen molar-refractivity contribution in [2.45, 2.75) is 151 Å². The van der Waals surface area contributed by atoms with Crippen LogP contribution >= 0.6 is 0 Å². The van der Waals surface area contributed by atoms with Gasteiger partial charge < -0.3 is 24.4 Å². The fourth-order valence-corrected chi connectivity index (χ4v) is 14.6. The quantitative estimate of drug-likeness (QED) is 0.127. The van der Waals surface area contributed by atoms with E-state index in [0.29, 0.717) is 75.2 Å². The zero-order chi connectivity index (χ0) is 40.4. The van der Waals surface area contributed by atoms with Crippen molar-refractivity contribution < 1.29 is 33.8 Å². The Bertz CT molecular complexity index is 1510. The van der Waals surface area contributed by atoms with Gasteiger partial charge in [-0.2, -0.15) is 0 Å². The fourth-order valence-electron chi connectivity index (χ4n) is 14.6. The van der Waals surface area contributed by atoms with Gasteiger partial charge in [-0.05, 0) is 143 Å². The maximum Gasteiger partial charge on any atom is 0.309 e. The molecule has 5 aliphatic carbocycles. The molecule has 310 valence electrons. The lowest BCUT2D eigenvalue weighted by molar-refractivity contribution is -0.250. The first-order chi connectivity index (χ1) is 25.7. The van der Waals surface area contributed by atoms with Crippen LogP contribution in [0.5, 0.6) is 0 Å². The Hall–Kier alpha value is -2.42. The SMILES string of the molecule is C=C(C)[C@@H]1CC[C@]2(CC(=O)N3CCN(C(=O)CCCOC)CC3)CC[C@]3(C)[C@H](CC[C@@H]4[C@@]5(C)CC[C@H](OC(=O)CC(C)(C)C(=O)O)C(C)(C)[C@@H]5CC[C@]43C)[C@@H]12. The smallest absolute Gasteiger partial charge is 0.309 e. The van der Waals surface area contributed by atoms with Crippen molar-refractivity contribution in [2.24, 2.45) is 62.1 Å². The van der Waals surface area contributed by atoms with Gasteiger partial charge in [0.25, 0.3) is 0 Å². The van der Waals surface area contributed by atoms with Gasteiger partial charge in [0.1, 0.15) is 6.10 Å². The van der Waals surface area contributed by atoms with E-state index in [4.69, 9.17) is 9.47 Å². The van der Waals surface area contributed by atoms with Crippen LogP contribution in [0, 0.1) is 62.1 Å². The third kappa shape index (κ3) is 7.11.